The third-order valence-electron chi connectivity index (χ3n) is 6.83. The van der Waals surface area contributed by atoms with E-state index in [1.807, 2.05) is 60.7 Å². The van der Waals surface area contributed by atoms with Gasteiger partial charge in [-0.25, -0.2) is 9.97 Å². The largest absolute Gasteiger partial charge is 0.457 e. The average Bonchev–Trinajstić information content (AvgIpc) is 3.76. The molecule has 2 aliphatic rings. The number of amides is 1. The van der Waals surface area contributed by atoms with Crippen molar-refractivity contribution in [2.24, 2.45) is 11.8 Å². The maximum atomic E-state index is 12.7. The summed E-state index contributed by atoms with van der Waals surface area (Å²) in [5.74, 6) is 3.24. The lowest BCUT2D eigenvalue weighted by Gasteiger charge is -2.32. The number of rotatable bonds is 8. The summed E-state index contributed by atoms with van der Waals surface area (Å²) < 4.78 is 5.90. The summed E-state index contributed by atoms with van der Waals surface area (Å²) in [6.45, 7) is 2.01. The van der Waals surface area contributed by atoms with Crippen LogP contribution in [-0.2, 0) is 4.79 Å². The fraction of sp³-hybridized carbons (Fsp3) is 0.310. The molecule has 0 bridgehead atoms. The summed E-state index contributed by atoms with van der Waals surface area (Å²) in [5, 5.41) is 12.8. The lowest BCUT2D eigenvalue weighted by atomic mass is 9.96. The number of likely N-dealkylation sites (tertiary alicyclic amines) is 1. The Kier molecular flexibility index (Phi) is 7.31. The van der Waals surface area contributed by atoms with Crippen molar-refractivity contribution in [3.05, 3.63) is 72.6 Å². The molecule has 1 amide bonds. The fourth-order valence-electron chi connectivity index (χ4n) is 4.54. The lowest BCUT2D eigenvalue weighted by Crippen LogP contribution is -2.40. The monoisotopic (exact) mass is 494 g/mol. The molecule has 2 heterocycles. The van der Waals surface area contributed by atoms with Gasteiger partial charge in [-0.1, -0.05) is 36.4 Å². The van der Waals surface area contributed by atoms with E-state index in [2.05, 4.69) is 21.4 Å². The molecule has 5 rings (SSSR count). The number of hydrogen-bond donors (Lipinski definition) is 2. The van der Waals surface area contributed by atoms with Gasteiger partial charge in [-0.15, -0.1) is 0 Å². The van der Waals surface area contributed by atoms with E-state index in [1.54, 1.807) is 4.90 Å². The number of nitriles is 1. The molecule has 3 aromatic rings. The highest BCUT2D eigenvalue weighted by Gasteiger charge is 2.27. The van der Waals surface area contributed by atoms with Crippen molar-refractivity contribution in [3.8, 4) is 28.7 Å². The lowest BCUT2D eigenvalue weighted by molar-refractivity contribution is -0.128. The molecule has 1 aromatic heterocycles. The van der Waals surface area contributed by atoms with Gasteiger partial charge in [0.25, 0.3) is 5.91 Å². The number of aromatic nitrogens is 2. The molecule has 0 unspecified atom stereocenters. The molecule has 8 nitrogen and oxygen atoms in total. The number of benzene rings is 2. The van der Waals surface area contributed by atoms with E-state index in [0.717, 1.165) is 48.3 Å². The number of anilines is 2. The van der Waals surface area contributed by atoms with Crippen LogP contribution in [0.4, 0.5) is 11.6 Å². The number of nitrogens with two attached hydrogens (primary N) is 1. The van der Waals surface area contributed by atoms with Crippen LogP contribution in [0.15, 0.2) is 72.6 Å². The zero-order valence-electron chi connectivity index (χ0n) is 20.6. The van der Waals surface area contributed by atoms with Crippen LogP contribution in [0, 0.1) is 23.2 Å². The van der Waals surface area contributed by atoms with Gasteiger partial charge in [-0.3, -0.25) is 4.79 Å². The SMILES string of the molecule is N#CC(=CC1CC1)C(=O)N1CCC(CNc2ncnc(N)c2-c2ccc(Oc3ccccc3)cc2)CC1. The van der Waals surface area contributed by atoms with Crippen LogP contribution in [0.25, 0.3) is 11.1 Å². The molecule has 0 atom stereocenters. The number of hydrogen-bond acceptors (Lipinski definition) is 7. The van der Waals surface area contributed by atoms with Crippen LogP contribution in [0.3, 0.4) is 0 Å². The van der Waals surface area contributed by atoms with Crippen LogP contribution in [-0.4, -0.2) is 40.4 Å². The first-order chi connectivity index (χ1) is 18.1. The van der Waals surface area contributed by atoms with Gasteiger partial charge in [-0.2, -0.15) is 5.26 Å². The predicted molar refractivity (Wildman–Crippen MR) is 143 cm³/mol. The third kappa shape index (κ3) is 6.07. The molecule has 3 N–H and O–H groups in total. The van der Waals surface area contributed by atoms with Crippen molar-refractivity contribution < 1.29 is 9.53 Å². The highest BCUT2D eigenvalue weighted by atomic mass is 16.5. The third-order valence-corrected chi connectivity index (χ3v) is 6.83. The molecule has 1 aliphatic heterocycles. The molecule has 2 fully saturated rings. The summed E-state index contributed by atoms with van der Waals surface area (Å²) in [6.07, 6.45) is 7.19. The van der Waals surface area contributed by atoms with Crippen molar-refractivity contribution in [1.29, 1.82) is 5.26 Å². The highest BCUT2D eigenvalue weighted by Crippen LogP contribution is 2.34. The number of ether oxygens (including phenoxy) is 1. The van der Waals surface area contributed by atoms with Gasteiger partial charge < -0.3 is 20.7 Å². The Balaban J connectivity index is 1.20. The Morgan fingerprint density at radius 2 is 1.76 bits per heavy atom. The van der Waals surface area contributed by atoms with E-state index in [9.17, 15) is 10.1 Å². The first-order valence-corrected chi connectivity index (χ1v) is 12.7. The van der Waals surface area contributed by atoms with Gasteiger partial charge in [0.15, 0.2) is 0 Å². The highest BCUT2D eigenvalue weighted by molar-refractivity contribution is 5.97. The Bertz CT molecular complexity index is 1300. The van der Waals surface area contributed by atoms with Crippen molar-refractivity contribution in [3.63, 3.8) is 0 Å². The van der Waals surface area contributed by atoms with Crippen LogP contribution in [0.1, 0.15) is 25.7 Å². The molecule has 8 heteroatoms. The van der Waals surface area contributed by atoms with E-state index in [-0.39, 0.29) is 5.91 Å². The normalized spacial score (nSPS) is 16.2. The topological polar surface area (TPSA) is 117 Å². The molecule has 188 valence electrons. The van der Waals surface area contributed by atoms with Crippen molar-refractivity contribution >= 4 is 17.5 Å². The van der Waals surface area contributed by atoms with E-state index in [4.69, 9.17) is 10.5 Å². The molecule has 0 radical (unpaired) electrons. The minimum absolute atomic E-state index is 0.133. The molecular weight excluding hydrogens is 464 g/mol. The number of nitrogens with zero attached hydrogens (tertiary/aromatic N) is 4. The van der Waals surface area contributed by atoms with E-state index >= 15 is 0 Å². The summed E-state index contributed by atoms with van der Waals surface area (Å²) in [7, 11) is 0. The zero-order chi connectivity index (χ0) is 25.6. The second-order valence-corrected chi connectivity index (χ2v) is 9.57. The van der Waals surface area contributed by atoms with Gasteiger partial charge in [0.1, 0.15) is 41.1 Å². The first-order valence-electron chi connectivity index (χ1n) is 12.7. The quantitative estimate of drug-likeness (QED) is 0.333. The molecule has 0 spiro atoms. The summed E-state index contributed by atoms with van der Waals surface area (Å²) in [4.78, 5) is 23.2. The van der Waals surface area contributed by atoms with E-state index in [0.29, 0.717) is 48.7 Å². The maximum absolute atomic E-state index is 12.7. The van der Waals surface area contributed by atoms with Gasteiger partial charge in [0.2, 0.25) is 0 Å². The van der Waals surface area contributed by atoms with Crippen molar-refractivity contribution in [1.82, 2.24) is 14.9 Å². The number of nitrogen functional groups attached to an aromatic ring is 1. The predicted octanol–water partition coefficient (Wildman–Crippen LogP) is 5.03. The van der Waals surface area contributed by atoms with Crippen molar-refractivity contribution in [2.75, 3.05) is 30.7 Å². The molecule has 1 aliphatic carbocycles. The molecule has 1 saturated carbocycles. The Morgan fingerprint density at radius 3 is 2.43 bits per heavy atom. The Hall–Kier alpha value is -4.38. The first kappa shape index (κ1) is 24.3. The zero-order valence-corrected chi connectivity index (χ0v) is 20.6. The van der Waals surface area contributed by atoms with Gasteiger partial charge >= 0.3 is 0 Å². The van der Waals surface area contributed by atoms with E-state index < -0.39 is 0 Å². The number of piperidine rings is 1. The molecule has 2 aromatic carbocycles. The van der Waals surface area contributed by atoms with Crippen molar-refractivity contribution in [2.45, 2.75) is 25.7 Å². The van der Waals surface area contributed by atoms with Crippen LogP contribution in [0.5, 0.6) is 11.5 Å². The Morgan fingerprint density at radius 1 is 1.05 bits per heavy atom. The van der Waals surface area contributed by atoms with Crippen LogP contribution >= 0.6 is 0 Å². The number of allylic oxidation sites excluding steroid dienone is 1. The van der Waals surface area contributed by atoms with Crippen LogP contribution < -0.4 is 15.8 Å². The van der Waals surface area contributed by atoms with Gasteiger partial charge in [-0.05, 0) is 67.3 Å². The number of nitrogens with one attached hydrogen (secondary N) is 1. The van der Waals surface area contributed by atoms with Crippen LogP contribution in [0.2, 0.25) is 0 Å². The van der Waals surface area contributed by atoms with Gasteiger partial charge in [0, 0.05) is 19.6 Å². The average molecular weight is 495 g/mol. The Labute approximate surface area is 216 Å². The summed E-state index contributed by atoms with van der Waals surface area (Å²) >= 11 is 0. The number of carbonyl (C=O) groups excluding carboxylic acids is 1. The second kappa shape index (κ2) is 11.1. The minimum Gasteiger partial charge on any atom is -0.457 e. The van der Waals surface area contributed by atoms with E-state index in [1.165, 1.54) is 6.33 Å². The van der Waals surface area contributed by atoms with Gasteiger partial charge in [0.05, 0.1) is 5.56 Å². The molecular formula is C29H30N6O2. The molecule has 1 saturated heterocycles. The smallest absolute Gasteiger partial charge is 0.264 e. The summed E-state index contributed by atoms with van der Waals surface area (Å²) in [5.41, 5.74) is 8.20. The molecule has 37 heavy (non-hydrogen) atoms. The summed E-state index contributed by atoms with van der Waals surface area (Å²) in [6, 6.07) is 19.4. The maximum Gasteiger partial charge on any atom is 0.264 e. The standard InChI is InChI=1S/C29H30N6O2/c30-17-23(16-20-6-7-20)29(36)35-14-12-21(13-15-35)18-32-28-26(27(31)33-19-34-28)22-8-10-25(11-9-22)37-24-4-2-1-3-5-24/h1-5,8-11,16,19-21H,6-7,12-15,18H2,(H3,31,32,33,34). The number of carbonyl (C=O) groups is 1. The fourth-order valence-corrected chi connectivity index (χ4v) is 4.54. The second-order valence-electron chi connectivity index (χ2n) is 9.57. The minimum atomic E-state index is -0.133. The number of para-hydroxylation sites is 1.